The first-order valence-electron chi connectivity index (χ1n) is 7.09. The molecule has 1 N–H and O–H groups in total. The van der Waals surface area contributed by atoms with E-state index < -0.39 is 0 Å². The maximum absolute atomic E-state index is 4.61. The lowest BCUT2D eigenvalue weighted by atomic mass is 10.1. The number of pyridine rings is 1. The second-order valence-electron chi connectivity index (χ2n) is 4.77. The van der Waals surface area contributed by atoms with Gasteiger partial charge in [0.25, 0.3) is 0 Å². The number of rotatable bonds is 7. The summed E-state index contributed by atoms with van der Waals surface area (Å²) in [5, 5.41) is 3.40. The summed E-state index contributed by atoms with van der Waals surface area (Å²) in [4.78, 5) is 6.96. The first-order chi connectivity index (χ1) is 8.63. The summed E-state index contributed by atoms with van der Waals surface area (Å²) in [6, 6.07) is 5.23. The van der Waals surface area contributed by atoms with Gasteiger partial charge in [-0.05, 0) is 45.4 Å². The van der Waals surface area contributed by atoms with Crippen molar-refractivity contribution in [1.29, 1.82) is 0 Å². The van der Waals surface area contributed by atoms with Gasteiger partial charge in [0.15, 0.2) is 0 Å². The lowest BCUT2D eigenvalue weighted by Crippen LogP contribution is -2.33. The summed E-state index contributed by atoms with van der Waals surface area (Å²) >= 11 is 0. The Morgan fingerprint density at radius 1 is 1.22 bits per heavy atom. The minimum Gasteiger partial charge on any atom is -0.354 e. The zero-order valence-electron chi connectivity index (χ0n) is 12.4. The summed E-state index contributed by atoms with van der Waals surface area (Å²) in [6.07, 6.45) is 3.14. The number of anilines is 1. The molecule has 1 heterocycles. The molecule has 0 spiro atoms. The van der Waals surface area contributed by atoms with Gasteiger partial charge in [0, 0.05) is 24.8 Å². The van der Waals surface area contributed by atoms with Crippen molar-refractivity contribution in [2.75, 3.05) is 18.0 Å². The Bertz CT molecular complexity index is 334. The molecule has 0 aliphatic carbocycles. The third-order valence-electron chi connectivity index (χ3n) is 3.54. The second kappa shape index (κ2) is 7.37. The Kier molecular flexibility index (Phi) is 6.13. The monoisotopic (exact) mass is 249 g/mol. The second-order valence-corrected chi connectivity index (χ2v) is 4.77. The zero-order chi connectivity index (χ0) is 13.5. The van der Waals surface area contributed by atoms with Gasteiger partial charge in [-0.25, -0.2) is 4.98 Å². The molecule has 0 fully saturated rings. The van der Waals surface area contributed by atoms with Crippen molar-refractivity contribution in [2.45, 2.75) is 53.1 Å². The first kappa shape index (κ1) is 15.0. The fourth-order valence-corrected chi connectivity index (χ4v) is 2.17. The van der Waals surface area contributed by atoms with Crippen LogP contribution in [0.4, 0.5) is 5.82 Å². The molecule has 102 valence electrons. The van der Waals surface area contributed by atoms with Gasteiger partial charge in [0.2, 0.25) is 0 Å². The van der Waals surface area contributed by atoms with E-state index >= 15 is 0 Å². The van der Waals surface area contributed by atoms with Crippen LogP contribution in [0.3, 0.4) is 0 Å². The predicted molar refractivity (Wildman–Crippen MR) is 79.1 cm³/mol. The van der Waals surface area contributed by atoms with Crippen LogP contribution in [0.1, 0.15) is 52.6 Å². The van der Waals surface area contributed by atoms with Crippen LogP contribution in [0.25, 0.3) is 0 Å². The predicted octanol–water partition coefficient (Wildman–Crippen LogP) is 3.38. The van der Waals surface area contributed by atoms with Crippen molar-refractivity contribution in [3.63, 3.8) is 0 Å². The van der Waals surface area contributed by atoms with E-state index in [0.29, 0.717) is 12.1 Å². The standard InChI is InChI=1S/C15H27N3/c1-6-12(4)18(8-3)15-10-9-14(11-17-15)13(5)16-7-2/h9-13,16H,6-8H2,1-5H3. The SMILES string of the molecule is CCNC(C)c1ccc(N(CC)C(C)CC)nc1. The molecular weight excluding hydrogens is 222 g/mol. The number of nitrogens with zero attached hydrogens (tertiary/aromatic N) is 2. The summed E-state index contributed by atoms with van der Waals surface area (Å²) in [6.45, 7) is 12.9. The van der Waals surface area contributed by atoms with Crippen LogP contribution in [-0.4, -0.2) is 24.1 Å². The minimum atomic E-state index is 0.371. The van der Waals surface area contributed by atoms with E-state index in [-0.39, 0.29) is 0 Å². The van der Waals surface area contributed by atoms with Crippen molar-refractivity contribution in [3.8, 4) is 0 Å². The van der Waals surface area contributed by atoms with Gasteiger partial charge in [-0.2, -0.15) is 0 Å². The van der Waals surface area contributed by atoms with E-state index in [4.69, 9.17) is 0 Å². The van der Waals surface area contributed by atoms with Gasteiger partial charge in [-0.1, -0.05) is 19.9 Å². The number of nitrogens with one attached hydrogen (secondary N) is 1. The van der Waals surface area contributed by atoms with E-state index in [9.17, 15) is 0 Å². The van der Waals surface area contributed by atoms with Crippen molar-refractivity contribution in [1.82, 2.24) is 10.3 Å². The molecule has 0 radical (unpaired) electrons. The van der Waals surface area contributed by atoms with E-state index in [1.54, 1.807) is 0 Å². The Balaban J connectivity index is 2.80. The van der Waals surface area contributed by atoms with Crippen LogP contribution < -0.4 is 10.2 Å². The van der Waals surface area contributed by atoms with Gasteiger partial charge in [-0.3, -0.25) is 0 Å². The average Bonchev–Trinajstić information content (AvgIpc) is 2.40. The molecule has 1 aromatic heterocycles. The highest BCUT2D eigenvalue weighted by Crippen LogP contribution is 2.18. The van der Waals surface area contributed by atoms with Crippen LogP contribution in [0.15, 0.2) is 18.3 Å². The lowest BCUT2D eigenvalue weighted by Gasteiger charge is -2.28. The molecule has 0 amide bonds. The normalized spacial score (nSPS) is 14.3. The quantitative estimate of drug-likeness (QED) is 0.803. The molecular formula is C15H27N3. The van der Waals surface area contributed by atoms with Crippen molar-refractivity contribution < 1.29 is 0 Å². The van der Waals surface area contributed by atoms with Crippen molar-refractivity contribution in [2.24, 2.45) is 0 Å². The Morgan fingerprint density at radius 2 is 1.94 bits per heavy atom. The maximum Gasteiger partial charge on any atom is 0.128 e. The summed E-state index contributed by atoms with van der Waals surface area (Å²) in [5.41, 5.74) is 1.25. The van der Waals surface area contributed by atoms with Gasteiger partial charge in [0.1, 0.15) is 5.82 Å². The van der Waals surface area contributed by atoms with Crippen LogP contribution in [0, 0.1) is 0 Å². The molecule has 1 aromatic rings. The van der Waals surface area contributed by atoms with Crippen LogP contribution in [0.2, 0.25) is 0 Å². The molecule has 0 aromatic carbocycles. The van der Waals surface area contributed by atoms with Gasteiger partial charge in [-0.15, -0.1) is 0 Å². The highest BCUT2D eigenvalue weighted by atomic mass is 15.2. The Labute approximate surface area is 112 Å². The first-order valence-corrected chi connectivity index (χ1v) is 7.09. The van der Waals surface area contributed by atoms with E-state index in [0.717, 1.165) is 25.3 Å². The summed E-state index contributed by atoms with van der Waals surface area (Å²) in [5.74, 6) is 1.08. The number of hydrogen-bond donors (Lipinski definition) is 1. The van der Waals surface area contributed by atoms with Gasteiger partial charge in [0.05, 0.1) is 0 Å². The van der Waals surface area contributed by atoms with Crippen LogP contribution in [-0.2, 0) is 0 Å². The average molecular weight is 249 g/mol. The largest absolute Gasteiger partial charge is 0.354 e. The topological polar surface area (TPSA) is 28.2 Å². The maximum atomic E-state index is 4.61. The Hall–Kier alpha value is -1.09. The van der Waals surface area contributed by atoms with Gasteiger partial charge < -0.3 is 10.2 Å². The molecule has 18 heavy (non-hydrogen) atoms. The van der Waals surface area contributed by atoms with E-state index in [1.165, 1.54) is 5.56 Å². The Morgan fingerprint density at radius 3 is 2.39 bits per heavy atom. The molecule has 1 rings (SSSR count). The van der Waals surface area contributed by atoms with E-state index in [2.05, 4.69) is 62.0 Å². The molecule has 3 heteroatoms. The molecule has 3 nitrogen and oxygen atoms in total. The van der Waals surface area contributed by atoms with Crippen LogP contribution in [0.5, 0.6) is 0 Å². The smallest absolute Gasteiger partial charge is 0.128 e. The molecule has 2 unspecified atom stereocenters. The zero-order valence-corrected chi connectivity index (χ0v) is 12.4. The lowest BCUT2D eigenvalue weighted by molar-refractivity contribution is 0.593. The minimum absolute atomic E-state index is 0.371. The van der Waals surface area contributed by atoms with Crippen molar-refractivity contribution in [3.05, 3.63) is 23.9 Å². The third kappa shape index (κ3) is 3.70. The summed E-state index contributed by atoms with van der Waals surface area (Å²) < 4.78 is 0. The summed E-state index contributed by atoms with van der Waals surface area (Å²) in [7, 11) is 0. The number of aromatic nitrogens is 1. The molecule has 2 atom stereocenters. The molecule has 0 aliphatic heterocycles. The molecule has 0 saturated carbocycles. The fraction of sp³-hybridized carbons (Fsp3) is 0.667. The van der Waals surface area contributed by atoms with Gasteiger partial charge >= 0.3 is 0 Å². The van der Waals surface area contributed by atoms with Crippen LogP contribution >= 0.6 is 0 Å². The fourth-order valence-electron chi connectivity index (χ4n) is 2.17. The van der Waals surface area contributed by atoms with E-state index in [1.807, 2.05) is 6.20 Å². The molecule has 0 aliphatic rings. The highest BCUT2D eigenvalue weighted by Gasteiger charge is 2.12. The third-order valence-corrected chi connectivity index (χ3v) is 3.54. The highest BCUT2D eigenvalue weighted by molar-refractivity contribution is 5.40. The number of hydrogen-bond acceptors (Lipinski definition) is 3. The molecule has 0 saturated heterocycles. The van der Waals surface area contributed by atoms with Crippen molar-refractivity contribution >= 4 is 5.82 Å². The molecule has 0 bridgehead atoms.